The Morgan fingerprint density at radius 3 is 2.56 bits per heavy atom. The molecular formula is C21H25N3O3. The maximum absolute atomic E-state index is 13.1. The van der Waals surface area contributed by atoms with Crippen molar-refractivity contribution in [3.63, 3.8) is 0 Å². The smallest absolute Gasteiger partial charge is 0.408 e. The van der Waals surface area contributed by atoms with Crippen LogP contribution in [0.5, 0.6) is 0 Å². The molecule has 1 aliphatic heterocycles. The Labute approximate surface area is 159 Å². The van der Waals surface area contributed by atoms with E-state index in [9.17, 15) is 9.59 Å². The maximum atomic E-state index is 13.1. The molecule has 1 atom stereocenters. The monoisotopic (exact) mass is 367 g/mol. The molecule has 6 nitrogen and oxygen atoms in total. The molecule has 0 bridgehead atoms. The number of hydrogen-bond acceptors (Lipinski definition) is 4. The minimum atomic E-state index is -0.696. The quantitative estimate of drug-likeness (QED) is 0.816. The van der Waals surface area contributed by atoms with Crippen LogP contribution >= 0.6 is 0 Å². The summed E-state index contributed by atoms with van der Waals surface area (Å²) in [5.41, 5.74) is 8.71. The predicted molar refractivity (Wildman–Crippen MR) is 105 cm³/mol. The molecule has 3 rings (SSSR count). The summed E-state index contributed by atoms with van der Waals surface area (Å²) in [6.45, 7) is 5.74. The van der Waals surface area contributed by atoms with Gasteiger partial charge in [0.15, 0.2) is 0 Å². The van der Waals surface area contributed by atoms with E-state index < -0.39 is 17.7 Å². The van der Waals surface area contributed by atoms with Gasteiger partial charge in [0.25, 0.3) is 0 Å². The first-order valence-corrected chi connectivity index (χ1v) is 8.97. The van der Waals surface area contributed by atoms with Crippen molar-refractivity contribution in [1.82, 2.24) is 5.32 Å². The zero-order valence-corrected chi connectivity index (χ0v) is 15.9. The highest BCUT2D eigenvalue weighted by Crippen LogP contribution is 2.34. The Hall–Kier alpha value is -3.02. The number of para-hydroxylation sites is 1. The van der Waals surface area contributed by atoms with Crippen LogP contribution in [0.4, 0.5) is 16.2 Å². The summed E-state index contributed by atoms with van der Waals surface area (Å²) >= 11 is 0. The van der Waals surface area contributed by atoms with E-state index in [1.165, 1.54) is 0 Å². The van der Waals surface area contributed by atoms with Crippen molar-refractivity contribution in [2.45, 2.75) is 45.4 Å². The molecule has 0 aromatic heterocycles. The second-order valence-electron chi connectivity index (χ2n) is 7.67. The predicted octanol–water partition coefficient (Wildman–Crippen LogP) is 3.25. The van der Waals surface area contributed by atoms with Crippen LogP contribution in [0.2, 0.25) is 0 Å². The molecule has 1 unspecified atom stereocenters. The van der Waals surface area contributed by atoms with Gasteiger partial charge in [-0.15, -0.1) is 0 Å². The van der Waals surface area contributed by atoms with Crippen LogP contribution in [0.25, 0.3) is 0 Å². The standard InChI is InChI=1S/C21H25N3O3/c1-21(2,3)27-20(26)23-17-12-15-10-7-11-16(22)18(15)24(19(17)25)13-14-8-5-4-6-9-14/h4-11,17H,12-13,22H2,1-3H3,(H,23,26). The van der Waals surface area contributed by atoms with E-state index in [1.54, 1.807) is 31.7 Å². The SMILES string of the molecule is CC(C)(C)OC(=O)NC1Cc2cccc(N)c2N(Cc2ccccc2)C1=O. The number of nitrogens with two attached hydrogens (primary N) is 1. The molecule has 27 heavy (non-hydrogen) atoms. The molecule has 1 aliphatic rings. The first-order valence-electron chi connectivity index (χ1n) is 8.97. The van der Waals surface area contributed by atoms with Crippen molar-refractivity contribution in [3.05, 3.63) is 59.7 Å². The normalized spacial score (nSPS) is 16.6. The number of carbonyl (C=O) groups excluding carboxylic acids is 2. The number of anilines is 2. The van der Waals surface area contributed by atoms with Crippen molar-refractivity contribution in [2.75, 3.05) is 10.6 Å². The number of hydrogen-bond donors (Lipinski definition) is 2. The van der Waals surface area contributed by atoms with E-state index in [0.29, 0.717) is 24.3 Å². The van der Waals surface area contributed by atoms with Gasteiger partial charge in [-0.3, -0.25) is 4.79 Å². The summed E-state index contributed by atoms with van der Waals surface area (Å²) in [5.74, 6) is -0.199. The molecule has 0 fully saturated rings. The Morgan fingerprint density at radius 2 is 1.89 bits per heavy atom. The molecule has 0 aliphatic carbocycles. The van der Waals surface area contributed by atoms with Crippen molar-refractivity contribution < 1.29 is 14.3 Å². The molecule has 0 saturated carbocycles. The second-order valence-corrected chi connectivity index (χ2v) is 7.67. The van der Waals surface area contributed by atoms with Crippen molar-refractivity contribution in [1.29, 1.82) is 0 Å². The van der Waals surface area contributed by atoms with Crippen LogP contribution in [0, 0.1) is 0 Å². The van der Waals surface area contributed by atoms with E-state index >= 15 is 0 Å². The summed E-state index contributed by atoms with van der Waals surface area (Å²) in [4.78, 5) is 27.0. The lowest BCUT2D eigenvalue weighted by Crippen LogP contribution is -2.53. The van der Waals surface area contributed by atoms with Gasteiger partial charge in [-0.05, 0) is 38.0 Å². The highest BCUT2D eigenvalue weighted by atomic mass is 16.6. The molecule has 1 heterocycles. The summed E-state index contributed by atoms with van der Waals surface area (Å²) < 4.78 is 5.31. The number of nitrogen functional groups attached to an aromatic ring is 1. The van der Waals surface area contributed by atoms with Gasteiger partial charge in [-0.25, -0.2) is 4.79 Å². The lowest BCUT2D eigenvalue weighted by Gasteiger charge is -2.35. The van der Waals surface area contributed by atoms with Crippen molar-refractivity contribution in [3.8, 4) is 0 Å². The Bertz CT molecular complexity index is 843. The molecule has 0 spiro atoms. The molecule has 2 aromatic carbocycles. The highest BCUT2D eigenvalue weighted by molar-refractivity contribution is 6.04. The Balaban J connectivity index is 1.89. The van der Waals surface area contributed by atoms with Crippen LogP contribution in [0.15, 0.2) is 48.5 Å². The molecule has 3 N–H and O–H groups in total. The number of rotatable bonds is 3. The lowest BCUT2D eigenvalue weighted by atomic mass is 9.95. The number of fused-ring (bicyclic) bond motifs is 1. The van der Waals surface area contributed by atoms with Gasteiger partial charge < -0.3 is 20.7 Å². The zero-order chi connectivity index (χ0) is 19.6. The number of nitrogens with one attached hydrogen (secondary N) is 1. The van der Waals surface area contributed by atoms with E-state index in [1.807, 2.05) is 42.5 Å². The van der Waals surface area contributed by atoms with E-state index in [-0.39, 0.29) is 5.91 Å². The lowest BCUT2D eigenvalue weighted by molar-refractivity contribution is -0.121. The fourth-order valence-corrected chi connectivity index (χ4v) is 3.20. The molecule has 6 heteroatoms. The Kier molecular flexibility index (Phi) is 5.08. The molecule has 0 saturated heterocycles. The fourth-order valence-electron chi connectivity index (χ4n) is 3.20. The number of ether oxygens (including phenoxy) is 1. The molecular weight excluding hydrogens is 342 g/mol. The zero-order valence-electron chi connectivity index (χ0n) is 15.9. The highest BCUT2D eigenvalue weighted by Gasteiger charge is 2.35. The van der Waals surface area contributed by atoms with Gasteiger partial charge in [0.1, 0.15) is 11.6 Å². The van der Waals surface area contributed by atoms with E-state index in [2.05, 4.69) is 5.32 Å². The van der Waals surface area contributed by atoms with Crippen LogP contribution in [0.3, 0.4) is 0 Å². The minimum absolute atomic E-state index is 0.199. The van der Waals surface area contributed by atoms with Crippen LogP contribution < -0.4 is 16.0 Å². The van der Waals surface area contributed by atoms with Gasteiger partial charge in [0.2, 0.25) is 5.91 Å². The van der Waals surface area contributed by atoms with Gasteiger partial charge >= 0.3 is 6.09 Å². The number of nitrogens with zero attached hydrogens (tertiary/aromatic N) is 1. The summed E-state index contributed by atoms with van der Waals surface area (Å²) in [6, 6.07) is 14.6. The fraction of sp³-hybridized carbons (Fsp3) is 0.333. The van der Waals surface area contributed by atoms with E-state index in [0.717, 1.165) is 11.1 Å². The first-order chi connectivity index (χ1) is 12.7. The van der Waals surface area contributed by atoms with E-state index in [4.69, 9.17) is 10.5 Å². The average molecular weight is 367 g/mol. The van der Waals surface area contributed by atoms with Crippen molar-refractivity contribution in [2.24, 2.45) is 0 Å². The van der Waals surface area contributed by atoms with Gasteiger partial charge in [-0.1, -0.05) is 42.5 Å². The third-order valence-corrected chi connectivity index (χ3v) is 4.28. The van der Waals surface area contributed by atoms with Gasteiger partial charge in [-0.2, -0.15) is 0 Å². The third kappa shape index (κ3) is 4.39. The molecule has 2 aromatic rings. The summed E-state index contributed by atoms with van der Waals surface area (Å²) in [5, 5.41) is 2.71. The third-order valence-electron chi connectivity index (χ3n) is 4.28. The van der Waals surface area contributed by atoms with Crippen LogP contribution in [-0.4, -0.2) is 23.6 Å². The van der Waals surface area contributed by atoms with Crippen LogP contribution in [0.1, 0.15) is 31.9 Å². The number of carbonyl (C=O) groups is 2. The van der Waals surface area contributed by atoms with Gasteiger partial charge in [0, 0.05) is 6.42 Å². The largest absolute Gasteiger partial charge is 0.444 e. The Morgan fingerprint density at radius 1 is 1.19 bits per heavy atom. The number of alkyl carbamates (subject to hydrolysis) is 1. The minimum Gasteiger partial charge on any atom is -0.444 e. The number of amides is 2. The maximum Gasteiger partial charge on any atom is 0.408 e. The first kappa shape index (κ1) is 18.8. The topological polar surface area (TPSA) is 84.7 Å². The summed E-state index contributed by atoms with van der Waals surface area (Å²) in [6.07, 6.45) is -0.225. The van der Waals surface area contributed by atoms with Gasteiger partial charge in [0.05, 0.1) is 17.9 Å². The molecule has 0 radical (unpaired) electrons. The summed E-state index contributed by atoms with van der Waals surface area (Å²) in [7, 11) is 0. The molecule has 2 amide bonds. The molecule has 142 valence electrons. The van der Waals surface area contributed by atoms with Crippen molar-refractivity contribution >= 4 is 23.4 Å². The number of benzene rings is 2. The second kappa shape index (κ2) is 7.31. The average Bonchev–Trinajstić information content (AvgIpc) is 2.58. The van der Waals surface area contributed by atoms with Crippen LogP contribution in [-0.2, 0) is 22.5 Å².